The first-order valence-electron chi connectivity index (χ1n) is 1.77. The number of alkyl halides is 3. The van der Waals surface area contributed by atoms with Crippen LogP contribution in [0.3, 0.4) is 0 Å². The van der Waals surface area contributed by atoms with Gasteiger partial charge in [0.15, 0.2) is 0 Å². The topological polar surface area (TPSA) is 46.5 Å². The van der Waals surface area contributed by atoms with Gasteiger partial charge < -0.3 is 0 Å². The van der Waals surface area contributed by atoms with E-state index in [4.69, 9.17) is 38.2 Å². The summed E-state index contributed by atoms with van der Waals surface area (Å²) in [5.74, 6) is 0. The first kappa shape index (κ1) is 10.4. The van der Waals surface area contributed by atoms with Gasteiger partial charge in [0.1, 0.15) is 0 Å². The quantitative estimate of drug-likeness (QED) is 0.606. The number of hydrogen-bond donors (Lipinski definition) is 1. The molecule has 0 aliphatic carbocycles. The summed E-state index contributed by atoms with van der Waals surface area (Å²) in [4.78, 5) is 0. The molecule has 0 heterocycles. The first-order valence-corrected chi connectivity index (χ1v) is 6.13. The Bertz CT molecular complexity index is 110. The summed E-state index contributed by atoms with van der Waals surface area (Å²) in [6, 6.07) is 0. The van der Waals surface area contributed by atoms with Gasteiger partial charge in [-0.05, 0) is 0 Å². The molecule has 0 amide bonds. The van der Waals surface area contributed by atoms with Crippen molar-refractivity contribution in [3.8, 4) is 0 Å². The van der Waals surface area contributed by atoms with Crippen LogP contribution < -0.4 is 0 Å². The van der Waals surface area contributed by atoms with Gasteiger partial charge in [-0.25, -0.2) is 0 Å². The Labute approximate surface area is 75.3 Å². The van der Waals surface area contributed by atoms with Crippen molar-refractivity contribution in [2.75, 3.05) is 6.61 Å². The summed E-state index contributed by atoms with van der Waals surface area (Å²) in [5, 5.41) is 0. The molecule has 0 aliphatic rings. The molecule has 0 unspecified atom stereocenters. The van der Waals surface area contributed by atoms with Gasteiger partial charge in [0.2, 0.25) is 0 Å². The van der Waals surface area contributed by atoms with E-state index in [0.29, 0.717) is 0 Å². The van der Waals surface area contributed by atoms with E-state index in [2.05, 4.69) is 3.02 Å². The Kier molecular flexibility index (Phi) is 5.00. The molecule has 0 aromatic carbocycles. The number of hydrogen-bond acceptors (Lipinski definition) is 2. The fraction of sp³-hybridized carbons (Fsp3) is 1.00. The van der Waals surface area contributed by atoms with Gasteiger partial charge in [0.05, 0.1) is 0 Å². The van der Waals surface area contributed by atoms with Gasteiger partial charge in [-0.2, -0.15) is 0 Å². The predicted octanol–water partition coefficient (Wildman–Crippen LogP) is 0.781. The Morgan fingerprint density at radius 3 is 2.11 bits per heavy atom. The van der Waals surface area contributed by atoms with Crippen LogP contribution in [0.4, 0.5) is 0 Å². The van der Waals surface area contributed by atoms with Gasteiger partial charge in [0.25, 0.3) is 0 Å². The Morgan fingerprint density at radius 1 is 1.56 bits per heavy atom. The summed E-state index contributed by atoms with van der Waals surface area (Å²) >= 11 is 11.9. The molecule has 0 aliphatic heterocycles. The Balaban J connectivity index is 3.39. The van der Waals surface area contributed by atoms with Crippen LogP contribution in [0.5, 0.6) is 0 Å². The SMILES string of the molecule is [O]=[Sb]([OH])[O]CC(Cl)(Cl)Cl. The molecule has 55 valence electrons. The van der Waals surface area contributed by atoms with Gasteiger partial charge in [-0.1, -0.05) is 0 Å². The van der Waals surface area contributed by atoms with E-state index in [9.17, 15) is 3.02 Å². The average Bonchev–Trinajstić information content (AvgIpc) is 1.59. The number of halogens is 3. The molecule has 1 radical (unpaired) electrons. The van der Waals surface area contributed by atoms with Crippen LogP contribution >= 0.6 is 34.8 Å². The van der Waals surface area contributed by atoms with E-state index >= 15 is 0 Å². The van der Waals surface area contributed by atoms with Gasteiger partial charge >= 0.3 is 75.7 Å². The van der Waals surface area contributed by atoms with Crippen LogP contribution in [0.1, 0.15) is 0 Å². The van der Waals surface area contributed by atoms with Crippen molar-refractivity contribution in [2.24, 2.45) is 0 Å². The summed E-state index contributed by atoms with van der Waals surface area (Å²) in [6.07, 6.45) is 0. The van der Waals surface area contributed by atoms with E-state index in [0.717, 1.165) is 0 Å². The first-order chi connectivity index (χ1) is 3.92. The zero-order valence-corrected chi connectivity index (χ0v) is 8.87. The van der Waals surface area contributed by atoms with Crippen LogP contribution in [-0.2, 0) is 6.03 Å². The van der Waals surface area contributed by atoms with Crippen molar-refractivity contribution in [1.82, 2.24) is 0 Å². The van der Waals surface area contributed by atoms with Crippen molar-refractivity contribution in [3.63, 3.8) is 0 Å². The molecule has 0 rings (SSSR count). The molecular weight excluding hydrogens is 300 g/mol. The predicted molar refractivity (Wildman–Crippen MR) is 34.9 cm³/mol. The van der Waals surface area contributed by atoms with Crippen molar-refractivity contribution in [3.05, 3.63) is 0 Å². The summed E-state index contributed by atoms with van der Waals surface area (Å²) < 4.78 is 20.7. The zero-order valence-electron chi connectivity index (χ0n) is 4.05. The standard InChI is InChI=1S/C2H2Cl3O.H2O.O.Sb/c3-2(4,5)1-6;;;/h1H2;1H2;;/q-1;;;+2/p-1. The van der Waals surface area contributed by atoms with E-state index in [1.807, 2.05) is 0 Å². The molecule has 7 heteroatoms. The van der Waals surface area contributed by atoms with Gasteiger partial charge in [-0.15, -0.1) is 0 Å². The normalized spacial score (nSPS) is 11.6. The molecule has 0 atom stereocenters. The second-order valence-corrected chi connectivity index (χ2v) is 5.74. The Hall–Kier alpha value is 1.41. The molecule has 1 N–H and O–H groups in total. The molecule has 0 saturated heterocycles. The van der Waals surface area contributed by atoms with Gasteiger partial charge in [-0.3, -0.25) is 0 Å². The van der Waals surface area contributed by atoms with Crippen LogP contribution in [0.25, 0.3) is 0 Å². The molecule has 0 saturated carbocycles. The van der Waals surface area contributed by atoms with Gasteiger partial charge in [0, 0.05) is 0 Å². The minimum atomic E-state index is -3.64. The molecular formula is C2H3Cl3O3Sb. The molecule has 0 aromatic heterocycles. The molecule has 0 bridgehead atoms. The maximum atomic E-state index is 9.91. The minimum absolute atomic E-state index is 0.333. The van der Waals surface area contributed by atoms with Crippen molar-refractivity contribution in [1.29, 1.82) is 0 Å². The third-order valence-corrected chi connectivity index (χ3v) is 1.66. The second kappa shape index (κ2) is 4.32. The summed E-state index contributed by atoms with van der Waals surface area (Å²) in [5.41, 5.74) is 0. The monoisotopic (exact) mass is 301 g/mol. The molecule has 0 aromatic rings. The van der Waals surface area contributed by atoms with Crippen LogP contribution in [0.2, 0.25) is 0 Å². The summed E-state index contributed by atoms with van der Waals surface area (Å²) in [6.45, 7) is -0.333. The van der Waals surface area contributed by atoms with E-state index < -0.39 is 24.8 Å². The second-order valence-electron chi connectivity index (χ2n) is 1.13. The fourth-order valence-corrected chi connectivity index (χ4v) is 1.84. The van der Waals surface area contributed by atoms with E-state index in [1.54, 1.807) is 0 Å². The van der Waals surface area contributed by atoms with Crippen LogP contribution in [-0.4, -0.2) is 34.8 Å². The van der Waals surface area contributed by atoms with Crippen LogP contribution in [0.15, 0.2) is 0 Å². The molecule has 3 nitrogen and oxygen atoms in total. The van der Waals surface area contributed by atoms with E-state index in [-0.39, 0.29) is 6.61 Å². The van der Waals surface area contributed by atoms with Crippen LogP contribution in [0, 0.1) is 0 Å². The Morgan fingerprint density at radius 2 is 2.00 bits per heavy atom. The summed E-state index contributed by atoms with van der Waals surface area (Å²) in [7, 11) is 0. The molecule has 0 spiro atoms. The molecule has 0 fully saturated rings. The van der Waals surface area contributed by atoms with Crippen molar-refractivity contribution < 1.29 is 9.42 Å². The van der Waals surface area contributed by atoms with Crippen molar-refractivity contribution >= 4 is 55.8 Å². The fourth-order valence-electron chi connectivity index (χ4n) is 0.128. The maximum absolute atomic E-state index is 9.91. The third-order valence-electron chi connectivity index (χ3n) is 0.339. The van der Waals surface area contributed by atoms with Crippen molar-refractivity contribution in [2.45, 2.75) is 3.79 Å². The number of rotatable bonds is 2. The zero-order chi connectivity index (χ0) is 7.49. The van der Waals surface area contributed by atoms with E-state index in [1.165, 1.54) is 0 Å². The molecule has 9 heavy (non-hydrogen) atoms. The third kappa shape index (κ3) is 9.41. The average molecular weight is 303 g/mol.